The Bertz CT molecular complexity index is 624. The summed E-state index contributed by atoms with van der Waals surface area (Å²) in [5.74, 6) is 2.61. The lowest BCUT2D eigenvalue weighted by Gasteiger charge is -2.17. The molecule has 0 heterocycles. The molecule has 0 bridgehead atoms. The molecule has 0 aromatic heterocycles. The van der Waals surface area contributed by atoms with E-state index in [-0.39, 0.29) is 0 Å². The molecule has 0 saturated carbocycles. The number of benzene rings is 2. The molecule has 0 saturated heterocycles. The lowest BCUT2D eigenvalue weighted by molar-refractivity contribution is 0.398. The number of nitriles is 1. The molecule has 0 unspecified atom stereocenters. The van der Waals surface area contributed by atoms with E-state index in [0.29, 0.717) is 17.2 Å². The summed E-state index contributed by atoms with van der Waals surface area (Å²) in [5.41, 5.74) is 1.66. The van der Waals surface area contributed by atoms with Crippen LogP contribution < -0.4 is 9.47 Å². The number of hydrogen-bond donors (Lipinski definition) is 0. The molecule has 3 nitrogen and oxygen atoms in total. The van der Waals surface area contributed by atoms with Crippen molar-refractivity contribution in [2.45, 2.75) is 19.8 Å². The van der Waals surface area contributed by atoms with Gasteiger partial charge in [0.15, 0.2) is 0 Å². The Morgan fingerprint density at radius 3 is 2.20 bits per heavy atom. The highest BCUT2D eigenvalue weighted by molar-refractivity contribution is 5.49. The van der Waals surface area contributed by atoms with Gasteiger partial charge >= 0.3 is 0 Å². The van der Waals surface area contributed by atoms with Gasteiger partial charge in [-0.05, 0) is 42.3 Å². The maximum atomic E-state index is 8.80. The van der Waals surface area contributed by atoms with Crippen molar-refractivity contribution in [1.82, 2.24) is 0 Å². The minimum atomic E-state index is 0.291. The molecule has 0 aliphatic heterocycles. The topological polar surface area (TPSA) is 42.2 Å². The van der Waals surface area contributed by atoms with Gasteiger partial charge in [-0.25, -0.2) is 0 Å². The zero-order chi connectivity index (χ0) is 14.5. The third kappa shape index (κ3) is 2.92. The second-order valence-electron chi connectivity index (χ2n) is 4.77. The van der Waals surface area contributed by atoms with Crippen LogP contribution in [0.5, 0.6) is 17.2 Å². The van der Waals surface area contributed by atoms with Gasteiger partial charge < -0.3 is 9.47 Å². The van der Waals surface area contributed by atoms with Crippen molar-refractivity contribution in [2.24, 2.45) is 0 Å². The van der Waals surface area contributed by atoms with Crippen LogP contribution in [0.15, 0.2) is 42.5 Å². The molecule has 0 spiro atoms. The highest BCUT2D eigenvalue weighted by atomic mass is 16.5. The highest BCUT2D eigenvalue weighted by Crippen LogP contribution is 2.37. The van der Waals surface area contributed by atoms with Gasteiger partial charge in [0, 0.05) is 5.56 Å². The average Bonchev–Trinajstić information content (AvgIpc) is 2.47. The SMILES string of the molecule is COc1cccc(Oc2ccc(C#N)cc2)c1C(C)C. The fourth-order valence-electron chi connectivity index (χ4n) is 2.08. The van der Waals surface area contributed by atoms with Crippen LogP contribution in [0, 0.1) is 11.3 Å². The summed E-state index contributed by atoms with van der Waals surface area (Å²) in [6.45, 7) is 4.20. The molecule has 0 aliphatic carbocycles. The Morgan fingerprint density at radius 1 is 1.00 bits per heavy atom. The molecule has 0 N–H and O–H groups in total. The van der Waals surface area contributed by atoms with Crippen molar-refractivity contribution < 1.29 is 9.47 Å². The van der Waals surface area contributed by atoms with E-state index in [1.807, 2.05) is 18.2 Å². The molecule has 0 amide bonds. The third-order valence-electron chi connectivity index (χ3n) is 3.03. The Balaban J connectivity index is 2.35. The maximum absolute atomic E-state index is 8.80. The summed E-state index contributed by atoms with van der Waals surface area (Å²) in [7, 11) is 1.66. The van der Waals surface area contributed by atoms with Crippen molar-refractivity contribution >= 4 is 0 Å². The molecule has 3 heteroatoms. The molecule has 2 aromatic carbocycles. The van der Waals surface area contributed by atoms with E-state index < -0.39 is 0 Å². The van der Waals surface area contributed by atoms with E-state index in [9.17, 15) is 0 Å². The van der Waals surface area contributed by atoms with Gasteiger partial charge in [-0.3, -0.25) is 0 Å². The van der Waals surface area contributed by atoms with Crippen LogP contribution in [0.3, 0.4) is 0 Å². The van der Waals surface area contributed by atoms with E-state index in [1.165, 1.54) is 0 Å². The van der Waals surface area contributed by atoms with Crippen LogP contribution in [0.1, 0.15) is 30.9 Å². The van der Waals surface area contributed by atoms with E-state index in [1.54, 1.807) is 31.4 Å². The van der Waals surface area contributed by atoms with E-state index >= 15 is 0 Å². The van der Waals surface area contributed by atoms with Crippen molar-refractivity contribution in [2.75, 3.05) is 7.11 Å². The summed E-state index contributed by atoms with van der Waals surface area (Å²) in [6.07, 6.45) is 0. The first-order chi connectivity index (χ1) is 9.65. The molecule has 20 heavy (non-hydrogen) atoms. The van der Waals surface area contributed by atoms with Crippen molar-refractivity contribution in [1.29, 1.82) is 5.26 Å². The van der Waals surface area contributed by atoms with Crippen molar-refractivity contribution in [3.63, 3.8) is 0 Å². The number of hydrogen-bond acceptors (Lipinski definition) is 3. The molecule has 0 aliphatic rings. The molecular formula is C17H17NO2. The minimum Gasteiger partial charge on any atom is -0.496 e. The van der Waals surface area contributed by atoms with Crippen LogP contribution in [-0.4, -0.2) is 7.11 Å². The average molecular weight is 267 g/mol. The van der Waals surface area contributed by atoms with Gasteiger partial charge in [-0.15, -0.1) is 0 Å². The van der Waals surface area contributed by atoms with Crippen LogP contribution in [0.2, 0.25) is 0 Å². The number of ether oxygens (including phenoxy) is 2. The lowest BCUT2D eigenvalue weighted by atomic mass is 10.0. The Morgan fingerprint density at radius 2 is 1.65 bits per heavy atom. The number of rotatable bonds is 4. The fraction of sp³-hybridized carbons (Fsp3) is 0.235. The minimum absolute atomic E-state index is 0.291. The van der Waals surface area contributed by atoms with Gasteiger partial charge in [-0.2, -0.15) is 5.26 Å². The second-order valence-corrected chi connectivity index (χ2v) is 4.77. The van der Waals surface area contributed by atoms with Crippen molar-refractivity contribution in [3.05, 3.63) is 53.6 Å². The van der Waals surface area contributed by atoms with E-state index in [0.717, 1.165) is 17.1 Å². The predicted octanol–water partition coefficient (Wildman–Crippen LogP) is 4.48. The Labute approximate surface area is 119 Å². The Kier molecular flexibility index (Phi) is 4.27. The zero-order valence-corrected chi connectivity index (χ0v) is 11.9. The summed E-state index contributed by atoms with van der Waals surface area (Å²) in [6, 6.07) is 14.9. The molecule has 2 rings (SSSR count). The monoisotopic (exact) mass is 267 g/mol. The summed E-state index contributed by atoms with van der Waals surface area (Å²) >= 11 is 0. The normalized spacial score (nSPS) is 10.2. The van der Waals surface area contributed by atoms with Gasteiger partial charge in [0.25, 0.3) is 0 Å². The van der Waals surface area contributed by atoms with Crippen LogP contribution in [0.25, 0.3) is 0 Å². The molecule has 0 fully saturated rings. The van der Waals surface area contributed by atoms with E-state index in [4.69, 9.17) is 14.7 Å². The van der Waals surface area contributed by atoms with Gasteiger partial charge in [0.1, 0.15) is 17.2 Å². The second kappa shape index (κ2) is 6.12. The van der Waals surface area contributed by atoms with Crippen LogP contribution >= 0.6 is 0 Å². The highest BCUT2D eigenvalue weighted by Gasteiger charge is 2.14. The first kappa shape index (κ1) is 14.0. The summed E-state index contributed by atoms with van der Waals surface area (Å²) in [4.78, 5) is 0. The van der Waals surface area contributed by atoms with Crippen LogP contribution in [-0.2, 0) is 0 Å². The van der Waals surface area contributed by atoms with Gasteiger partial charge in [-0.1, -0.05) is 19.9 Å². The first-order valence-corrected chi connectivity index (χ1v) is 6.50. The largest absolute Gasteiger partial charge is 0.496 e. The molecule has 0 atom stereocenters. The maximum Gasteiger partial charge on any atom is 0.134 e. The van der Waals surface area contributed by atoms with Gasteiger partial charge in [0.05, 0.1) is 18.7 Å². The van der Waals surface area contributed by atoms with Crippen molar-refractivity contribution in [3.8, 4) is 23.3 Å². The molecule has 102 valence electrons. The van der Waals surface area contributed by atoms with Crippen LogP contribution in [0.4, 0.5) is 0 Å². The molecule has 2 aromatic rings. The zero-order valence-electron chi connectivity index (χ0n) is 11.9. The summed E-state index contributed by atoms with van der Waals surface area (Å²) in [5, 5.41) is 8.80. The summed E-state index contributed by atoms with van der Waals surface area (Å²) < 4.78 is 11.3. The fourth-order valence-corrected chi connectivity index (χ4v) is 2.08. The predicted molar refractivity (Wildman–Crippen MR) is 78.3 cm³/mol. The molecular weight excluding hydrogens is 250 g/mol. The Hall–Kier alpha value is -2.47. The standard InChI is InChI=1S/C17H17NO2/c1-12(2)17-15(19-3)5-4-6-16(17)20-14-9-7-13(11-18)8-10-14/h4-10,12H,1-3H3. The van der Waals surface area contributed by atoms with E-state index in [2.05, 4.69) is 19.9 Å². The number of nitrogens with zero attached hydrogens (tertiary/aromatic N) is 1. The van der Waals surface area contributed by atoms with Gasteiger partial charge in [0.2, 0.25) is 0 Å². The number of methoxy groups -OCH3 is 1. The smallest absolute Gasteiger partial charge is 0.134 e. The first-order valence-electron chi connectivity index (χ1n) is 6.50. The molecule has 0 radical (unpaired) electrons. The third-order valence-corrected chi connectivity index (χ3v) is 3.03. The quantitative estimate of drug-likeness (QED) is 0.820. The lowest BCUT2D eigenvalue weighted by Crippen LogP contribution is -1.98.